The van der Waals surface area contributed by atoms with E-state index >= 15 is 0 Å². The molecule has 0 bridgehead atoms. The van der Waals surface area contributed by atoms with E-state index in [9.17, 15) is 4.79 Å². The van der Waals surface area contributed by atoms with E-state index < -0.39 is 0 Å². The lowest BCUT2D eigenvalue weighted by Gasteiger charge is -2.09. The van der Waals surface area contributed by atoms with E-state index in [0.29, 0.717) is 11.4 Å². The normalized spacial score (nSPS) is 16.7. The van der Waals surface area contributed by atoms with Gasteiger partial charge in [-0.3, -0.25) is 4.79 Å². The lowest BCUT2D eigenvalue weighted by molar-refractivity contribution is 0.0957. The average molecular weight is 385 g/mol. The number of carbonyl (C=O) groups is 1. The zero-order valence-electron chi connectivity index (χ0n) is 15.4. The van der Waals surface area contributed by atoms with Crippen molar-refractivity contribution in [1.29, 1.82) is 0 Å². The number of aryl methyl sites for hydroxylation is 1. The van der Waals surface area contributed by atoms with Crippen LogP contribution >= 0.6 is 11.3 Å². The number of thiazole rings is 1. The molecule has 2 aromatic heterocycles. The molecule has 0 radical (unpaired) electrons. The molecule has 1 fully saturated rings. The Morgan fingerprint density at radius 1 is 1.41 bits per heavy atom. The monoisotopic (exact) mass is 384 g/mol. The van der Waals surface area contributed by atoms with Crippen molar-refractivity contribution < 1.29 is 9.53 Å². The van der Waals surface area contributed by atoms with Gasteiger partial charge in [0.25, 0.3) is 5.91 Å². The van der Waals surface area contributed by atoms with E-state index in [1.54, 1.807) is 0 Å². The van der Waals surface area contributed by atoms with E-state index in [0.717, 1.165) is 48.8 Å². The lowest BCUT2D eigenvalue weighted by Crippen LogP contribution is -2.25. The van der Waals surface area contributed by atoms with Crippen LogP contribution in [0.3, 0.4) is 0 Å². The first-order valence-corrected chi connectivity index (χ1v) is 10.2. The van der Waals surface area contributed by atoms with Crippen LogP contribution in [-0.4, -0.2) is 41.7 Å². The summed E-state index contributed by atoms with van der Waals surface area (Å²) in [6.07, 6.45) is 5.26. The van der Waals surface area contributed by atoms with Gasteiger partial charge in [-0.05, 0) is 37.8 Å². The third kappa shape index (κ3) is 4.14. The van der Waals surface area contributed by atoms with Crippen LogP contribution in [0.25, 0.3) is 10.9 Å². The highest BCUT2D eigenvalue weighted by Gasteiger charge is 2.18. The Morgan fingerprint density at radius 2 is 2.30 bits per heavy atom. The Morgan fingerprint density at radius 3 is 3.15 bits per heavy atom. The Balaban J connectivity index is 1.31. The summed E-state index contributed by atoms with van der Waals surface area (Å²) in [4.78, 5) is 20.9. The van der Waals surface area contributed by atoms with E-state index in [1.807, 2.05) is 25.3 Å². The van der Waals surface area contributed by atoms with E-state index in [2.05, 4.69) is 32.7 Å². The van der Waals surface area contributed by atoms with Crippen LogP contribution in [0.15, 0.2) is 30.5 Å². The Labute approximate surface area is 162 Å². The van der Waals surface area contributed by atoms with Gasteiger partial charge < -0.3 is 20.4 Å². The minimum atomic E-state index is -0.0602. The second-order valence-corrected chi connectivity index (χ2v) is 7.81. The van der Waals surface area contributed by atoms with Crippen LogP contribution < -0.4 is 10.6 Å². The van der Waals surface area contributed by atoms with Gasteiger partial charge in [0.15, 0.2) is 5.13 Å². The second kappa shape index (κ2) is 8.10. The van der Waals surface area contributed by atoms with Gasteiger partial charge in [-0.15, -0.1) is 0 Å². The first-order valence-electron chi connectivity index (χ1n) is 9.37. The number of benzene rings is 1. The van der Waals surface area contributed by atoms with Crippen LogP contribution in [0.4, 0.5) is 5.13 Å². The molecule has 0 aliphatic carbocycles. The maximum absolute atomic E-state index is 12.5. The van der Waals surface area contributed by atoms with Crippen LogP contribution in [0, 0.1) is 6.92 Å². The van der Waals surface area contributed by atoms with Crippen LogP contribution in [0.2, 0.25) is 0 Å². The lowest BCUT2D eigenvalue weighted by atomic mass is 10.1. The maximum atomic E-state index is 12.5. The predicted octanol–water partition coefficient (Wildman–Crippen LogP) is 3.50. The van der Waals surface area contributed by atoms with Crippen LogP contribution in [-0.2, 0) is 11.2 Å². The molecule has 0 saturated carbocycles. The maximum Gasteiger partial charge on any atom is 0.263 e. The third-order valence-corrected chi connectivity index (χ3v) is 5.98. The number of ether oxygens (including phenoxy) is 1. The molecular weight excluding hydrogens is 360 g/mol. The summed E-state index contributed by atoms with van der Waals surface area (Å²) in [6.45, 7) is 4.06. The van der Waals surface area contributed by atoms with Gasteiger partial charge in [0.05, 0.1) is 11.8 Å². The molecule has 3 N–H and O–H groups in total. The van der Waals surface area contributed by atoms with Gasteiger partial charge in [0, 0.05) is 36.8 Å². The average Bonchev–Trinajstić information content (AvgIpc) is 3.40. The van der Waals surface area contributed by atoms with Gasteiger partial charge >= 0.3 is 0 Å². The van der Waals surface area contributed by atoms with Gasteiger partial charge in [0.1, 0.15) is 4.88 Å². The summed E-state index contributed by atoms with van der Waals surface area (Å²) in [5.41, 5.74) is 3.10. The number of amides is 1. The number of anilines is 1. The molecule has 1 amide bonds. The molecule has 27 heavy (non-hydrogen) atoms. The number of aromatic nitrogens is 2. The minimum absolute atomic E-state index is 0.0602. The molecule has 3 aromatic rings. The van der Waals surface area contributed by atoms with E-state index in [1.165, 1.54) is 22.3 Å². The number of fused-ring (bicyclic) bond motifs is 1. The quantitative estimate of drug-likeness (QED) is 0.583. The first kappa shape index (κ1) is 18.0. The summed E-state index contributed by atoms with van der Waals surface area (Å²) in [7, 11) is 0. The van der Waals surface area contributed by atoms with Crippen molar-refractivity contribution >= 4 is 33.3 Å². The number of carbonyl (C=O) groups excluding carboxylic acids is 1. The molecule has 142 valence electrons. The number of rotatable bonds is 7. The van der Waals surface area contributed by atoms with E-state index in [-0.39, 0.29) is 12.0 Å². The molecule has 1 aromatic carbocycles. The number of hydrogen-bond donors (Lipinski definition) is 3. The van der Waals surface area contributed by atoms with Gasteiger partial charge in [-0.25, -0.2) is 4.98 Å². The van der Waals surface area contributed by atoms with Crippen molar-refractivity contribution in [3.05, 3.63) is 46.6 Å². The van der Waals surface area contributed by atoms with Crippen molar-refractivity contribution in [2.75, 3.05) is 25.0 Å². The van der Waals surface area contributed by atoms with Gasteiger partial charge in [-0.1, -0.05) is 29.5 Å². The highest BCUT2D eigenvalue weighted by atomic mass is 32.1. The summed E-state index contributed by atoms with van der Waals surface area (Å²) in [5, 5.41) is 8.31. The molecule has 1 aliphatic rings. The SMILES string of the molecule is Cc1nc(NC[C@@H]2CCCO2)sc1C(=O)NCCc1c[nH]c2ccccc12. The fourth-order valence-electron chi connectivity index (χ4n) is 3.42. The molecule has 3 heterocycles. The first-order chi connectivity index (χ1) is 13.2. The number of H-pyrrole nitrogens is 1. The highest BCUT2D eigenvalue weighted by molar-refractivity contribution is 7.17. The highest BCUT2D eigenvalue weighted by Crippen LogP contribution is 2.23. The fraction of sp³-hybridized carbons (Fsp3) is 0.400. The zero-order chi connectivity index (χ0) is 18.6. The number of para-hydroxylation sites is 1. The fourth-order valence-corrected chi connectivity index (χ4v) is 4.31. The number of nitrogens with zero attached hydrogens (tertiary/aromatic N) is 1. The van der Waals surface area contributed by atoms with Gasteiger partial charge in [-0.2, -0.15) is 0 Å². The molecule has 1 atom stereocenters. The molecule has 0 spiro atoms. The molecule has 1 aliphatic heterocycles. The summed E-state index contributed by atoms with van der Waals surface area (Å²) in [6, 6.07) is 8.21. The smallest absolute Gasteiger partial charge is 0.263 e. The van der Waals surface area contributed by atoms with Crippen molar-refractivity contribution in [2.24, 2.45) is 0 Å². The van der Waals surface area contributed by atoms with Gasteiger partial charge in [0.2, 0.25) is 0 Å². The Kier molecular flexibility index (Phi) is 5.40. The standard InChI is InChI=1S/C20H24N4O2S/c1-13-18(27-20(24-13)23-12-15-5-4-10-26-15)19(25)21-9-8-14-11-22-17-7-3-2-6-16(14)17/h2-3,6-7,11,15,22H,4-5,8-10,12H2,1H3,(H,21,25)(H,23,24)/t15-/m0/s1. The topological polar surface area (TPSA) is 79.0 Å². The number of hydrogen-bond acceptors (Lipinski definition) is 5. The molecular formula is C20H24N4O2S. The van der Waals surface area contributed by atoms with E-state index in [4.69, 9.17) is 4.74 Å². The Hall–Kier alpha value is -2.38. The third-order valence-electron chi connectivity index (χ3n) is 4.86. The Bertz CT molecular complexity index is 927. The van der Waals surface area contributed by atoms with Crippen LogP contribution in [0.5, 0.6) is 0 Å². The largest absolute Gasteiger partial charge is 0.376 e. The van der Waals surface area contributed by atoms with Crippen molar-refractivity contribution in [1.82, 2.24) is 15.3 Å². The summed E-state index contributed by atoms with van der Waals surface area (Å²) >= 11 is 1.41. The minimum Gasteiger partial charge on any atom is -0.376 e. The molecule has 4 rings (SSSR count). The molecule has 7 heteroatoms. The number of aromatic amines is 1. The van der Waals surface area contributed by atoms with Crippen molar-refractivity contribution in [3.8, 4) is 0 Å². The summed E-state index contributed by atoms with van der Waals surface area (Å²) in [5.74, 6) is -0.0602. The van der Waals surface area contributed by atoms with Crippen molar-refractivity contribution in [2.45, 2.75) is 32.3 Å². The molecule has 6 nitrogen and oxygen atoms in total. The van der Waals surface area contributed by atoms with Crippen molar-refractivity contribution in [3.63, 3.8) is 0 Å². The van der Waals surface area contributed by atoms with Crippen LogP contribution in [0.1, 0.15) is 33.8 Å². The zero-order valence-corrected chi connectivity index (χ0v) is 16.2. The second-order valence-electron chi connectivity index (χ2n) is 6.81. The number of nitrogens with one attached hydrogen (secondary N) is 3. The summed E-state index contributed by atoms with van der Waals surface area (Å²) < 4.78 is 5.61. The predicted molar refractivity (Wildman–Crippen MR) is 109 cm³/mol. The molecule has 0 unspecified atom stereocenters. The molecule has 1 saturated heterocycles.